The number of piperazine rings is 1. The summed E-state index contributed by atoms with van der Waals surface area (Å²) in [6, 6.07) is 14.7. The summed E-state index contributed by atoms with van der Waals surface area (Å²) >= 11 is 0. The Bertz CT molecular complexity index is 961. The topological polar surface area (TPSA) is 69.7 Å². The van der Waals surface area contributed by atoms with E-state index in [1.165, 1.54) is 23.4 Å². The lowest BCUT2D eigenvalue weighted by Gasteiger charge is -2.36. The molecule has 2 aromatic carbocycles. The molecule has 0 unspecified atom stereocenters. The smallest absolute Gasteiger partial charge is 0.253 e. The van der Waals surface area contributed by atoms with Gasteiger partial charge in [0.25, 0.3) is 5.91 Å². The van der Waals surface area contributed by atoms with Crippen molar-refractivity contribution < 1.29 is 13.2 Å². The number of amides is 1. The van der Waals surface area contributed by atoms with Gasteiger partial charge >= 0.3 is 0 Å². The maximum Gasteiger partial charge on any atom is 0.253 e. The lowest BCUT2D eigenvalue weighted by Crippen LogP contribution is -2.48. The molecule has 148 valence electrons. The van der Waals surface area contributed by atoms with Crippen LogP contribution >= 0.6 is 0 Å². The zero-order valence-corrected chi connectivity index (χ0v) is 16.8. The van der Waals surface area contributed by atoms with E-state index in [4.69, 9.17) is 0 Å². The van der Waals surface area contributed by atoms with E-state index in [9.17, 15) is 13.2 Å². The summed E-state index contributed by atoms with van der Waals surface area (Å²) in [6.45, 7) is 4.94. The van der Waals surface area contributed by atoms with E-state index in [1.54, 1.807) is 12.1 Å². The number of carbonyl (C=O) groups is 1. The molecule has 0 aromatic heterocycles. The Labute approximate surface area is 166 Å². The first-order chi connectivity index (χ1) is 13.4. The minimum atomic E-state index is -3.49. The molecule has 1 saturated carbocycles. The van der Waals surface area contributed by atoms with Crippen LogP contribution < -0.4 is 9.62 Å². The van der Waals surface area contributed by atoms with Crippen LogP contribution in [0.25, 0.3) is 0 Å². The van der Waals surface area contributed by atoms with E-state index < -0.39 is 10.0 Å². The van der Waals surface area contributed by atoms with Crippen LogP contribution in [-0.2, 0) is 10.0 Å². The number of anilines is 1. The van der Waals surface area contributed by atoms with E-state index in [2.05, 4.69) is 40.8 Å². The molecule has 28 heavy (non-hydrogen) atoms. The Morgan fingerprint density at radius 1 is 1.00 bits per heavy atom. The maximum atomic E-state index is 12.8. The molecule has 2 aromatic rings. The number of rotatable bonds is 5. The molecule has 7 heteroatoms. The highest BCUT2D eigenvalue weighted by atomic mass is 32.2. The van der Waals surface area contributed by atoms with Gasteiger partial charge in [0.1, 0.15) is 0 Å². The lowest BCUT2D eigenvalue weighted by molar-refractivity contribution is 0.0746. The third kappa shape index (κ3) is 4.20. The predicted molar refractivity (Wildman–Crippen MR) is 109 cm³/mol. The molecule has 1 N–H and O–H groups in total. The van der Waals surface area contributed by atoms with Crippen LogP contribution in [0.3, 0.4) is 0 Å². The minimum Gasteiger partial charge on any atom is -0.368 e. The van der Waals surface area contributed by atoms with Gasteiger partial charge in [0.05, 0.1) is 4.90 Å². The second-order valence-corrected chi connectivity index (χ2v) is 9.25. The van der Waals surface area contributed by atoms with Gasteiger partial charge in [-0.3, -0.25) is 4.79 Å². The Balaban J connectivity index is 1.38. The number of benzene rings is 2. The number of hydrogen-bond donors (Lipinski definition) is 1. The van der Waals surface area contributed by atoms with Crippen molar-refractivity contribution in [2.24, 2.45) is 0 Å². The average molecular weight is 400 g/mol. The van der Waals surface area contributed by atoms with E-state index in [-0.39, 0.29) is 16.8 Å². The van der Waals surface area contributed by atoms with Crippen molar-refractivity contribution in [3.05, 3.63) is 59.7 Å². The molecule has 4 rings (SSSR count). The highest BCUT2D eigenvalue weighted by Crippen LogP contribution is 2.23. The van der Waals surface area contributed by atoms with Gasteiger partial charge in [0.15, 0.2) is 0 Å². The Kier molecular flexibility index (Phi) is 5.12. The zero-order valence-electron chi connectivity index (χ0n) is 16.0. The van der Waals surface area contributed by atoms with E-state index in [1.807, 2.05) is 4.90 Å². The lowest BCUT2D eigenvalue weighted by atomic mass is 10.1. The predicted octanol–water partition coefficient (Wildman–Crippen LogP) is 2.40. The first-order valence-electron chi connectivity index (χ1n) is 9.66. The summed E-state index contributed by atoms with van der Waals surface area (Å²) < 4.78 is 27.2. The van der Waals surface area contributed by atoms with E-state index in [0.29, 0.717) is 18.7 Å². The standard InChI is InChI=1S/C21H25N3O3S/c1-16-3-2-4-19(15-16)23-11-13-24(14-12-23)21(25)17-5-9-20(10-6-17)28(26,27)22-18-7-8-18/h2-6,9-10,15,18,22H,7-8,11-14H2,1H3. The summed E-state index contributed by atoms with van der Waals surface area (Å²) in [7, 11) is -3.49. The molecule has 0 atom stereocenters. The summed E-state index contributed by atoms with van der Waals surface area (Å²) in [6.07, 6.45) is 1.79. The summed E-state index contributed by atoms with van der Waals surface area (Å²) in [4.78, 5) is 17.1. The Morgan fingerprint density at radius 3 is 2.29 bits per heavy atom. The fourth-order valence-corrected chi connectivity index (χ4v) is 4.75. The molecule has 0 bridgehead atoms. The zero-order chi connectivity index (χ0) is 19.7. The van der Waals surface area contributed by atoms with Crippen molar-refractivity contribution in [1.29, 1.82) is 0 Å². The number of aryl methyl sites for hydroxylation is 1. The maximum absolute atomic E-state index is 12.8. The van der Waals surface area contributed by atoms with Crippen LogP contribution in [-0.4, -0.2) is 51.4 Å². The van der Waals surface area contributed by atoms with E-state index >= 15 is 0 Å². The third-order valence-electron chi connectivity index (χ3n) is 5.24. The number of sulfonamides is 1. The molecule has 6 nitrogen and oxygen atoms in total. The van der Waals surface area contributed by atoms with Gasteiger partial charge in [0, 0.05) is 43.5 Å². The summed E-state index contributed by atoms with van der Waals surface area (Å²) in [5, 5.41) is 0. The van der Waals surface area contributed by atoms with Crippen LogP contribution in [0.2, 0.25) is 0 Å². The molecule has 1 aliphatic heterocycles. The quantitative estimate of drug-likeness (QED) is 0.838. The second-order valence-electron chi connectivity index (χ2n) is 7.54. The van der Waals surface area contributed by atoms with Gasteiger partial charge < -0.3 is 9.80 Å². The summed E-state index contributed by atoms with van der Waals surface area (Å²) in [5.41, 5.74) is 2.93. The van der Waals surface area contributed by atoms with Crippen LogP contribution in [0.15, 0.2) is 53.4 Å². The van der Waals surface area contributed by atoms with Gasteiger partial charge in [-0.15, -0.1) is 0 Å². The molecular formula is C21H25N3O3S. The van der Waals surface area contributed by atoms with Crippen LogP contribution in [0.5, 0.6) is 0 Å². The van der Waals surface area contributed by atoms with E-state index in [0.717, 1.165) is 25.9 Å². The van der Waals surface area contributed by atoms with Crippen LogP contribution in [0.4, 0.5) is 5.69 Å². The van der Waals surface area contributed by atoms with Gasteiger partial charge in [-0.2, -0.15) is 0 Å². The molecule has 1 saturated heterocycles. The first-order valence-corrected chi connectivity index (χ1v) is 11.1. The normalized spacial score (nSPS) is 17.6. The van der Waals surface area contributed by atoms with Crippen molar-refractivity contribution in [3.63, 3.8) is 0 Å². The highest BCUT2D eigenvalue weighted by Gasteiger charge is 2.28. The first kappa shape index (κ1) is 19.0. The fourth-order valence-electron chi connectivity index (χ4n) is 3.44. The SMILES string of the molecule is Cc1cccc(N2CCN(C(=O)c3ccc(S(=O)(=O)NC4CC4)cc3)CC2)c1. The van der Waals surface area contributed by atoms with Gasteiger partial charge in [-0.05, 0) is 61.7 Å². The second kappa shape index (κ2) is 7.56. The third-order valence-corrected chi connectivity index (χ3v) is 6.78. The molecule has 1 aliphatic carbocycles. The van der Waals surface area contributed by atoms with Crippen molar-refractivity contribution in [2.75, 3.05) is 31.1 Å². The average Bonchev–Trinajstić information content (AvgIpc) is 3.51. The van der Waals surface area contributed by atoms with Gasteiger partial charge in [-0.25, -0.2) is 13.1 Å². The highest BCUT2D eigenvalue weighted by molar-refractivity contribution is 7.89. The molecule has 2 aliphatic rings. The number of nitrogens with one attached hydrogen (secondary N) is 1. The molecule has 0 radical (unpaired) electrons. The number of hydrogen-bond acceptors (Lipinski definition) is 4. The number of carbonyl (C=O) groups excluding carboxylic acids is 1. The minimum absolute atomic E-state index is 0.0528. The largest absolute Gasteiger partial charge is 0.368 e. The van der Waals surface area contributed by atoms with Crippen molar-refractivity contribution in [2.45, 2.75) is 30.7 Å². The molecule has 0 spiro atoms. The number of nitrogens with zero attached hydrogens (tertiary/aromatic N) is 2. The molecule has 1 amide bonds. The van der Waals surface area contributed by atoms with Gasteiger partial charge in [-0.1, -0.05) is 12.1 Å². The van der Waals surface area contributed by atoms with Crippen LogP contribution in [0.1, 0.15) is 28.8 Å². The fraction of sp³-hybridized carbons (Fsp3) is 0.381. The van der Waals surface area contributed by atoms with Crippen molar-refractivity contribution in [3.8, 4) is 0 Å². The summed E-state index contributed by atoms with van der Waals surface area (Å²) in [5.74, 6) is -0.0528. The van der Waals surface area contributed by atoms with Crippen molar-refractivity contribution in [1.82, 2.24) is 9.62 Å². The van der Waals surface area contributed by atoms with Crippen LogP contribution in [0, 0.1) is 6.92 Å². The monoisotopic (exact) mass is 399 g/mol. The van der Waals surface area contributed by atoms with Crippen molar-refractivity contribution >= 4 is 21.6 Å². The Morgan fingerprint density at radius 2 is 1.68 bits per heavy atom. The Hall–Kier alpha value is -2.38. The molecular weight excluding hydrogens is 374 g/mol. The molecule has 2 fully saturated rings. The van der Waals surface area contributed by atoms with Gasteiger partial charge in [0.2, 0.25) is 10.0 Å². The molecule has 1 heterocycles.